The Bertz CT molecular complexity index is 927. The molecule has 0 radical (unpaired) electrons. The number of piperidine rings is 1. The van der Waals surface area contributed by atoms with Gasteiger partial charge in [-0.05, 0) is 29.8 Å². The lowest BCUT2D eigenvalue weighted by Gasteiger charge is -2.31. The zero-order valence-electron chi connectivity index (χ0n) is 15.3. The number of amides is 1. The van der Waals surface area contributed by atoms with Crippen molar-refractivity contribution in [2.45, 2.75) is 23.8 Å². The molecule has 27 heavy (non-hydrogen) atoms. The summed E-state index contributed by atoms with van der Waals surface area (Å²) in [4.78, 5) is 13.7. The second kappa shape index (κ2) is 7.96. The van der Waals surface area contributed by atoms with E-state index < -0.39 is 9.84 Å². The van der Waals surface area contributed by atoms with E-state index in [0.717, 1.165) is 24.2 Å². The summed E-state index contributed by atoms with van der Waals surface area (Å²) in [6.45, 7) is 4.84. The maximum atomic E-state index is 12.0. The first kappa shape index (κ1) is 19.2. The first-order valence-corrected chi connectivity index (χ1v) is 10.7. The fraction of sp³-hybridized carbons (Fsp3) is 0.286. The molecule has 0 bridgehead atoms. The van der Waals surface area contributed by atoms with Crippen molar-refractivity contribution in [2.75, 3.05) is 19.3 Å². The minimum absolute atomic E-state index is 0.0395. The van der Waals surface area contributed by atoms with Crippen molar-refractivity contribution in [3.63, 3.8) is 0 Å². The van der Waals surface area contributed by atoms with Gasteiger partial charge in [0.2, 0.25) is 5.91 Å². The number of likely N-dealkylation sites (tertiary alicyclic amines) is 1. The van der Waals surface area contributed by atoms with Crippen LogP contribution in [-0.4, -0.2) is 44.7 Å². The number of ether oxygens (including phenoxy) is 1. The molecule has 1 amide bonds. The molecule has 1 fully saturated rings. The van der Waals surface area contributed by atoms with Gasteiger partial charge in [-0.25, -0.2) is 8.42 Å². The van der Waals surface area contributed by atoms with Crippen LogP contribution in [0.1, 0.15) is 12.8 Å². The van der Waals surface area contributed by atoms with Gasteiger partial charge in [0.05, 0.1) is 4.90 Å². The van der Waals surface area contributed by atoms with Crippen molar-refractivity contribution in [3.8, 4) is 16.9 Å². The van der Waals surface area contributed by atoms with Crippen molar-refractivity contribution in [2.24, 2.45) is 0 Å². The summed E-state index contributed by atoms with van der Waals surface area (Å²) in [6, 6.07) is 14.4. The third-order valence-electron chi connectivity index (χ3n) is 4.68. The molecular formula is C21H23NO4S. The normalized spacial score (nSPS) is 15.4. The minimum atomic E-state index is -3.30. The summed E-state index contributed by atoms with van der Waals surface area (Å²) < 4.78 is 30.0. The summed E-state index contributed by atoms with van der Waals surface area (Å²) in [6.07, 6.45) is 4.17. The number of nitrogens with zero attached hydrogens (tertiary/aromatic N) is 1. The van der Waals surface area contributed by atoms with Crippen molar-refractivity contribution >= 4 is 15.7 Å². The lowest BCUT2D eigenvalue weighted by molar-refractivity contribution is -0.127. The molecule has 0 aromatic heterocycles. The average Bonchev–Trinajstić information content (AvgIpc) is 2.68. The third kappa shape index (κ3) is 4.57. The summed E-state index contributed by atoms with van der Waals surface area (Å²) in [5.41, 5.74) is 1.51. The van der Waals surface area contributed by atoms with Gasteiger partial charge in [-0.1, -0.05) is 36.9 Å². The topological polar surface area (TPSA) is 63.7 Å². The number of rotatable bonds is 5. The van der Waals surface area contributed by atoms with Gasteiger partial charge in [0.25, 0.3) is 0 Å². The standard InChI is InChI=1S/C21H23NO4S/c1-3-21(23)22-14-12-18(13-15-22)26-17-10-8-16(9-11-17)19-6-4-5-7-20(19)27(2,24)25/h3-11,18H,1,12-15H2,2H3. The molecular weight excluding hydrogens is 362 g/mol. The van der Waals surface area contributed by atoms with Crippen LogP contribution in [-0.2, 0) is 14.6 Å². The highest BCUT2D eigenvalue weighted by Gasteiger charge is 2.22. The molecule has 1 aliphatic heterocycles. The van der Waals surface area contributed by atoms with E-state index in [1.54, 1.807) is 23.1 Å². The largest absolute Gasteiger partial charge is 0.490 e. The maximum absolute atomic E-state index is 12.0. The van der Waals surface area contributed by atoms with Crippen LogP contribution in [0.4, 0.5) is 0 Å². The molecule has 1 aliphatic rings. The fourth-order valence-electron chi connectivity index (χ4n) is 3.26. The van der Waals surface area contributed by atoms with Gasteiger partial charge in [-0.15, -0.1) is 0 Å². The van der Waals surface area contributed by atoms with Gasteiger partial charge in [-0.3, -0.25) is 4.79 Å². The SMILES string of the molecule is C=CC(=O)N1CCC(Oc2ccc(-c3ccccc3S(C)(=O)=O)cc2)CC1. The van der Waals surface area contributed by atoms with E-state index in [2.05, 4.69) is 6.58 Å². The zero-order valence-corrected chi connectivity index (χ0v) is 16.1. The summed E-state index contributed by atoms with van der Waals surface area (Å²) in [5, 5.41) is 0. The minimum Gasteiger partial charge on any atom is -0.490 e. The Labute approximate surface area is 160 Å². The number of carbonyl (C=O) groups excluding carboxylic acids is 1. The Hall–Kier alpha value is -2.60. The predicted octanol–water partition coefficient (Wildman–Crippen LogP) is 3.31. The number of benzene rings is 2. The Morgan fingerprint density at radius 1 is 1.11 bits per heavy atom. The molecule has 6 heteroatoms. The highest BCUT2D eigenvalue weighted by Crippen LogP contribution is 2.29. The molecule has 5 nitrogen and oxygen atoms in total. The molecule has 0 N–H and O–H groups in total. The molecule has 0 spiro atoms. The van der Waals surface area contributed by atoms with Crippen LogP contribution in [0, 0.1) is 0 Å². The Balaban J connectivity index is 1.69. The van der Waals surface area contributed by atoms with Crippen LogP contribution >= 0.6 is 0 Å². The lowest BCUT2D eigenvalue weighted by Crippen LogP contribution is -2.41. The van der Waals surface area contributed by atoms with Crippen LogP contribution in [0.15, 0.2) is 66.1 Å². The molecule has 0 saturated carbocycles. The third-order valence-corrected chi connectivity index (χ3v) is 5.84. The molecule has 2 aromatic carbocycles. The number of carbonyl (C=O) groups is 1. The maximum Gasteiger partial charge on any atom is 0.245 e. The van der Waals surface area contributed by atoms with Crippen LogP contribution in [0.2, 0.25) is 0 Å². The predicted molar refractivity (Wildman–Crippen MR) is 105 cm³/mol. The van der Waals surface area contributed by atoms with E-state index >= 15 is 0 Å². The number of sulfone groups is 1. The first-order chi connectivity index (χ1) is 12.9. The van der Waals surface area contributed by atoms with Crippen molar-refractivity contribution in [3.05, 3.63) is 61.2 Å². The van der Waals surface area contributed by atoms with Gasteiger partial charge >= 0.3 is 0 Å². The average molecular weight is 385 g/mol. The molecule has 0 atom stereocenters. The van der Waals surface area contributed by atoms with Gasteiger partial charge in [0.15, 0.2) is 9.84 Å². The van der Waals surface area contributed by atoms with E-state index in [1.165, 1.54) is 12.3 Å². The second-order valence-corrected chi connectivity index (χ2v) is 8.62. The molecule has 3 rings (SSSR count). The number of hydrogen-bond acceptors (Lipinski definition) is 4. The Morgan fingerprint density at radius 3 is 2.33 bits per heavy atom. The Morgan fingerprint density at radius 2 is 1.74 bits per heavy atom. The smallest absolute Gasteiger partial charge is 0.245 e. The van der Waals surface area contributed by atoms with Crippen LogP contribution in [0.3, 0.4) is 0 Å². The molecule has 0 unspecified atom stereocenters. The highest BCUT2D eigenvalue weighted by atomic mass is 32.2. The van der Waals surface area contributed by atoms with Gasteiger partial charge in [0, 0.05) is 37.8 Å². The Kier molecular flexibility index (Phi) is 5.65. The first-order valence-electron chi connectivity index (χ1n) is 8.86. The molecule has 142 valence electrons. The van der Waals surface area contributed by atoms with E-state index in [9.17, 15) is 13.2 Å². The summed E-state index contributed by atoms with van der Waals surface area (Å²) in [7, 11) is -3.30. The van der Waals surface area contributed by atoms with Crippen LogP contribution in [0.5, 0.6) is 5.75 Å². The van der Waals surface area contributed by atoms with E-state index in [0.29, 0.717) is 23.5 Å². The van der Waals surface area contributed by atoms with E-state index in [1.807, 2.05) is 30.3 Å². The van der Waals surface area contributed by atoms with E-state index in [-0.39, 0.29) is 12.0 Å². The summed E-state index contributed by atoms with van der Waals surface area (Å²) >= 11 is 0. The van der Waals surface area contributed by atoms with Gasteiger partial charge in [-0.2, -0.15) is 0 Å². The van der Waals surface area contributed by atoms with Crippen molar-refractivity contribution in [1.82, 2.24) is 4.90 Å². The van der Waals surface area contributed by atoms with Crippen LogP contribution < -0.4 is 4.74 Å². The van der Waals surface area contributed by atoms with Crippen molar-refractivity contribution in [1.29, 1.82) is 0 Å². The fourth-order valence-corrected chi connectivity index (χ4v) is 4.17. The van der Waals surface area contributed by atoms with Crippen LogP contribution in [0.25, 0.3) is 11.1 Å². The number of hydrogen-bond donors (Lipinski definition) is 0. The van der Waals surface area contributed by atoms with Crippen molar-refractivity contribution < 1.29 is 17.9 Å². The molecule has 2 aromatic rings. The molecule has 1 heterocycles. The molecule has 1 saturated heterocycles. The lowest BCUT2D eigenvalue weighted by atomic mass is 10.1. The zero-order chi connectivity index (χ0) is 19.4. The van der Waals surface area contributed by atoms with Gasteiger partial charge < -0.3 is 9.64 Å². The molecule has 0 aliphatic carbocycles. The summed E-state index contributed by atoms with van der Waals surface area (Å²) in [5.74, 6) is 0.700. The second-order valence-electron chi connectivity index (χ2n) is 6.64. The van der Waals surface area contributed by atoms with E-state index in [4.69, 9.17) is 4.74 Å². The highest BCUT2D eigenvalue weighted by molar-refractivity contribution is 7.90. The van der Waals surface area contributed by atoms with Gasteiger partial charge in [0.1, 0.15) is 11.9 Å². The quantitative estimate of drug-likeness (QED) is 0.741. The monoisotopic (exact) mass is 385 g/mol.